The van der Waals surface area contributed by atoms with Crippen LogP contribution in [0.1, 0.15) is 31.1 Å². The summed E-state index contributed by atoms with van der Waals surface area (Å²) in [7, 11) is 0. The molecule has 0 atom stereocenters. The first-order valence-corrected chi connectivity index (χ1v) is 7.95. The highest BCUT2D eigenvalue weighted by Crippen LogP contribution is 2.13. The number of benzene rings is 2. The van der Waals surface area contributed by atoms with Crippen molar-refractivity contribution < 1.29 is 14.0 Å². The zero-order valence-electron chi connectivity index (χ0n) is 14.5. The van der Waals surface area contributed by atoms with Crippen molar-refractivity contribution in [3.8, 4) is 0 Å². The highest BCUT2D eigenvalue weighted by atomic mass is 19.1. The Bertz CT molecular complexity index is 752. The van der Waals surface area contributed by atoms with Gasteiger partial charge in [0.05, 0.1) is 12.2 Å². The van der Waals surface area contributed by atoms with E-state index in [9.17, 15) is 14.0 Å². The summed E-state index contributed by atoms with van der Waals surface area (Å²) in [5.74, 6) is -0.897. The molecule has 0 aliphatic carbocycles. The SMILES string of the molecule is CC(C)(C)NC(=O)c1ccc(NC(=O)CNc2ccccc2F)cc1. The monoisotopic (exact) mass is 343 g/mol. The van der Waals surface area contributed by atoms with Gasteiger partial charge in [0.15, 0.2) is 0 Å². The Morgan fingerprint density at radius 1 is 1.00 bits per heavy atom. The molecule has 0 unspecified atom stereocenters. The molecule has 0 saturated carbocycles. The molecular weight excluding hydrogens is 321 g/mol. The molecule has 0 saturated heterocycles. The summed E-state index contributed by atoms with van der Waals surface area (Å²) in [6.07, 6.45) is 0. The third-order valence-electron chi connectivity index (χ3n) is 3.23. The molecule has 0 bridgehead atoms. The third-order valence-corrected chi connectivity index (χ3v) is 3.23. The van der Waals surface area contributed by atoms with Crippen LogP contribution in [0.2, 0.25) is 0 Å². The molecule has 5 nitrogen and oxygen atoms in total. The number of amides is 2. The second-order valence-electron chi connectivity index (χ2n) is 6.66. The van der Waals surface area contributed by atoms with Gasteiger partial charge in [-0.05, 0) is 57.2 Å². The van der Waals surface area contributed by atoms with Crippen molar-refractivity contribution in [3.05, 3.63) is 59.9 Å². The maximum Gasteiger partial charge on any atom is 0.251 e. The minimum Gasteiger partial charge on any atom is -0.374 e. The normalized spacial score (nSPS) is 10.9. The van der Waals surface area contributed by atoms with Crippen LogP contribution in [-0.4, -0.2) is 23.9 Å². The molecule has 0 aliphatic heterocycles. The Morgan fingerprint density at radius 3 is 2.24 bits per heavy atom. The number of hydrogen-bond acceptors (Lipinski definition) is 3. The second-order valence-corrected chi connectivity index (χ2v) is 6.66. The summed E-state index contributed by atoms with van der Waals surface area (Å²) >= 11 is 0. The quantitative estimate of drug-likeness (QED) is 0.779. The highest BCUT2D eigenvalue weighted by Gasteiger charge is 2.15. The van der Waals surface area contributed by atoms with E-state index in [1.807, 2.05) is 20.8 Å². The minimum atomic E-state index is -0.412. The van der Waals surface area contributed by atoms with Crippen molar-refractivity contribution in [2.45, 2.75) is 26.3 Å². The average molecular weight is 343 g/mol. The van der Waals surface area contributed by atoms with Crippen molar-refractivity contribution >= 4 is 23.2 Å². The standard InChI is InChI=1S/C19H22FN3O2/c1-19(2,3)23-18(25)13-8-10-14(11-9-13)22-17(24)12-21-16-7-5-4-6-15(16)20/h4-11,21H,12H2,1-3H3,(H,22,24)(H,23,25). The predicted octanol–water partition coefficient (Wildman–Crippen LogP) is 3.40. The number of nitrogens with one attached hydrogen (secondary N) is 3. The molecule has 6 heteroatoms. The van der Waals surface area contributed by atoms with Crippen LogP contribution in [0.3, 0.4) is 0 Å². The van der Waals surface area contributed by atoms with Gasteiger partial charge in [-0.3, -0.25) is 9.59 Å². The summed E-state index contributed by atoms with van der Waals surface area (Å²) in [4.78, 5) is 24.0. The predicted molar refractivity (Wildman–Crippen MR) is 97.2 cm³/mol. The Morgan fingerprint density at radius 2 is 1.64 bits per heavy atom. The van der Waals surface area contributed by atoms with Crippen LogP contribution in [0, 0.1) is 5.82 Å². The lowest BCUT2D eigenvalue weighted by Gasteiger charge is -2.20. The largest absolute Gasteiger partial charge is 0.374 e. The van der Waals surface area contributed by atoms with Gasteiger partial charge < -0.3 is 16.0 Å². The summed E-state index contributed by atoms with van der Waals surface area (Å²) < 4.78 is 13.5. The summed E-state index contributed by atoms with van der Waals surface area (Å²) in [6.45, 7) is 5.65. The minimum absolute atomic E-state index is 0.0623. The van der Waals surface area contributed by atoms with E-state index in [2.05, 4.69) is 16.0 Å². The third kappa shape index (κ3) is 5.91. The number of rotatable bonds is 5. The van der Waals surface area contributed by atoms with E-state index in [0.717, 1.165) is 0 Å². The van der Waals surface area contributed by atoms with Crippen LogP contribution in [0.4, 0.5) is 15.8 Å². The van der Waals surface area contributed by atoms with Gasteiger partial charge in [-0.15, -0.1) is 0 Å². The Labute approximate surface area is 146 Å². The molecule has 2 rings (SSSR count). The Balaban J connectivity index is 1.89. The molecule has 25 heavy (non-hydrogen) atoms. The van der Waals surface area contributed by atoms with Crippen molar-refractivity contribution in [1.29, 1.82) is 0 Å². The number of hydrogen-bond donors (Lipinski definition) is 3. The lowest BCUT2D eigenvalue weighted by molar-refractivity contribution is -0.114. The summed E-state index contributed by atoms with van der Waals surface area (Å²) in [5.41, 5.74) is 1.03. The van der Waals surface area contributed by atoms with Gasteiger partial charge in [0.1, 0.15) is 5.82 Å². The summed E-state index contributed by atoms with van der Waals surface area (Å²) in [5, 5.41) is 8.30. The lowest BCUT2D eigenvalue weighted by Crippen LogP contribution is -2.40. The van der Waals surface area contributed by atoms with Gasteiger partial charge in [-0.25, -0.2) is 4.39 Å². The van der Waals surface area contributed by atoms with E-state index in [4.69, 9.17) is 0 Å². The van der Waals surface area contributed by atoms with Gasteiger partial charge >= 0.3 is 0 Å². The molecule has 3 N–H and O–H groups in total. The van der Waals surface area contributed by atoms with Crippen molar-refractivity contribution in [1.82, 2.24) is 5.32 Å². The van der Waals surface area contributed by atoms with Gasteiger partial charge in [-0.2, -0.15) is 0 Å². The maximum absolute atomic E-state index is 13.5. The zero-order valence-corrected chi connectivity index (χ0v) is 14.5. The molecule has 0 aromatic heterocycles. The van der Waals surface area contributed by atoms with E-state index in [-0.39, 0.29) is 29.6 Å². The summed E-state index contributed by atoms with van der Waals surface area (Å²) in [6, 6.07) is 12.7. The maximum atomic E-state index is 13.5. The molecule has 2 amide bonds. The molecular formula is C19H22FN3O2. The number of halogens is 1. The van der Waals surface area contributed by atoms with Crippen LogP contribution in [-0.2, 0) is 4.79 Å². The fourth-order valence-electron chi connectivity index (χ4n) is 2.10. The van der Waals surface area contributed by atoms with E-state index in [1.165, 1.54) is 6.07 Å². The lowest BCUT2D eigenvalue weighted by atomic mass is 10.1. The van der Waals surface area contributed by atoms with Gasteiger partial charge in [0.2, 0.25) is 5.91 Å². The van der Waals surface area contributed by atoms with Crippen LogP contribution in [0.15, 0.2) is 48.5 Å². The number of carbonyl (C=O) groups is 2. The zero-order chi connectivity index (χ0) is 18.4. The van der Waals surface area contributed by atoms with Crippen molar-refractivity contribution in [3.63, 3.8) is 0 Å². The van der Waals surface area contributed by atoms with E-state index in [1.54, 1.807) is 42.5 Å². The molecule has 132 valence electrons. The van der Waals surface area contributed by atoms with Crippen LogP contribution in [0.5, 0.6) is 0 Å². The Hall–Kier alpha value is -2.89. The fourth-order valence-corrected chi connectivity index (χ4v) is 2.10. The van der Waals surface area contributed by atoms with Crippen molar-refractivity contribution in [2.75, 3.05) is 17.2 Å². The second kappa shape index (κ2) is 7.79. The topological polar surface area (TPSA) is 70.2 Å². The van der Waals surface area contributed by atoms with Crippen molar-refractivity contribution in [2.24, 2.45) is 0 Å². The molecule has 0 spiro atoms. The van der Waals surface area contributed by atoms with Crippen LogP contribution >= 0.6 is 0 Å². The van der Waals surface area contributed by atoms with Gasteiger partial charge in [0, 0.05) is 16.8 Å². The molecule has 2 aromatic carbocycles. The first kappa shape index (κ1) is 18.4. The highest BCUT2D eigenvalue weighted by molar-refractivity contribution is 5.96. The fraction of sp³-hybridized carbons (Fsp3) is 0.263. The molecule has 0 fully saturated rings. The van der Waals surface area contributed by atoms with E-state index >= 15 is 0 Å². The van der Waals surface area contributed by atoms with E-state index in [0.29, 0.717) is 11.3 Å². The Kier molecular flexibility index (Phi) is 5.75. The van der Waals surface area contributed by atoms with Crippen LogP contribution < -0.4 is 16.0 Å². The molecule has 0 aliphatic rings. The van der Waals surface area contributed by atoms with Gasteiger partial charge in [-0.1, -0.05) is 12.1 Å². The van der Waals surface area contributed by atoms with E-state index < -0.39 is 5.82 Å². The average Bonchev–Trinajstić information content (AvgIpc) is 2.53. The molecule has 0 radical (unpaired) electrons. The first-order valence-electron chi connectivity index (χ1n) is 7.95. The van der Waals surface area contributed by atoms with Gasteiger partial charge in [0.25, 0.3) is 5.91 Å². The number of carbonyl (C=O) groups excluding carboxylic acids is 2. The van der Waals surface area contributed by atoms with Crippen LogP contribution in [0.25, 0.3) is 0 Å². The number of para-hydroxylation sites is 1. The molecule has 2 aromatic rings. The number of anilines is 2. The first-order chi connectivity index (χ1) is 11.7. The smallest absolute Gasteiger partial charge is 0.251 e. The molecule has 0 heterocycles.